The second kappa shape index (κ2) is 11.6. The standard InChI is InChI=1S/C36H34ClN3O5/c1-23-11-8-16-27(37)31(23)39-20-10-18-36-30(29-28(45-36)17-9-19-38(33(29)42)25-14-6-3-7-15-25)34(43)40(32(36)35(39)44)26(22-41)21-24-12-4-2-5-13-24/h2-18,26,28-30,32,41H,19-22H2,1H3/t26-,28+,29-,30+,32?,36+/m1/s1. The molecular weight excluding hydrogens is 590 g/mol. The molecule has 2 fully saturated rings. The van der Waals surface area contributed by atoms with E-state index in [1.807, 2.05) is 104 Å². The van der Waals surface area contributed by atoms with Crippen LogP contribution in [0.5, 0.6) is 0 Å². The first-order chi connectivity index (χ1) is 21.9. The second-order valence-corrected chi connectivity index (χ2v) is 12.5. The van der Waals surface area contributed by atoms with Crippen molar-refractivity contribution in [3.8, 4) is 0 Å². The number of amides is 3. The van der Waals surface area contributed by atoms with Crippen LogP contribution in [0.3, 0.4) is 0 Å². The van der Waals surface area contributed by atoms with Gasteiger partial charge in [0.2, 0.25) is 11.8 Å². The highest BCUT2D eigenvalue weighted by atomic mass is 35.5. The van der Waals surface area contributed by atoms with Crippen LogP contribution >= 0.6 is 11.6 Å². The molecule has 1 spiro atoms. The van der Waals surface area contributed by atoms with Gasteiger partial charge in [-0.3, -0.25) is 14.4 Å². The molecule has 3 aromatic rings. The maximum atomic E-state index is 14.9. The van der Waals surface area contributed by atoms with E-state index in [1.165, 1.54) is 4.90 Å². The number of aryl methyl sites for hydroxylation is 1. The van der Waals surface area contributed by atoms with E-state index in [9.17, 15) is 19.5 Å². The number of carbonyl (C=O) groups excluding carboxylic acids is 3. The highest BCUT2D eigenvalue weighted by molar-refractivity contribution is 6.34. The van der Waals surface area contributed by atoms with Gasteiger partial charge in [0.15, 0.2) is 0 Å². The molecule has 0 bridgehead atoms. The minimum Gasteiger partial charge on any atom is -0.394 e. The Hall–Kier alpha value is -4.24. The van der Waals surface area contributed by atoms with Gasteiger partial charge in [-0.1, -0.05) is 96.6 Å². The normalized spacial score (nSPS) is 28.1. The Labute approximate surface area is 267 Å². The van der Waals surface area contributed by atoms with E-state index < -0.39 is 35.6 Å². The first-order valence-corrected chi connectivity index (χ1v) is 15.7. The summed E-state index contributed by atoms with van der Waals surface area (Å²) in [5.74, 6) is -2.84. The van der Waals surface area contributed by atoms with Gasteiger partial charge in [-0.2, -0.15) is 0 Å². The number of hydrogen-bond acceptors (Lipinski definition) is 5. The summed E-state index contributed by atoms with van der Waals surface area (Å²) >= 11 is 6.68. The summed E-state index contributed by atoms with van der Waals surface area (Å²) in [5, 5.41) is 11.2. The molecule has 4 aliphatic rings. The third-order valence-corrected chi connectivity index (χ3v) is 9.85. The molecule has 1 N–H and O–H groups in total. The highest BCUT2D eigenvalue weighted by Crippen LogP contribution is 2.54. The number of para-hydroxylation sites is 2. The molecule has 0 aromatic heterocycles. The molecule has 0 radical (unpaired) electrons. The molecule has 9 heteroatoms. The predicted molar refractivity (Wildman–Crippen MR) is 172 cm³/mol. The van der Waals surface area contributed by atoms with E-state index in [0.717, 1.165) is 16.8 Å². The first-order valence-electron chi connectivity index (χ1n) is 15.3. The Bertz CT molecular complexity index is 1670. The average Bonchev–Trinajstić information content (AvgIpc) is 3.37. The number of hydrogen-bond donors (Lipinski definition) is 1. The fourth-order valence-corrected chi connectivity index (χ4v) is 7.94. The lowest BCUT2D eigenvalue weighted by Crippen LogP contribution is -2.58. The lowest BCUT2D eigenvalue weighted by atomic mass is 9.77. The largest absolute Gasteiger partial charge is 0.394 e. The Morgan fingerprint density at radius 1 is 0.889 bits per heavy atom. The van der Waals surface area contributed by atoms with E-state index in [1.54, 1.807) is 15.9 Å². The van der Waals surface area contributed by atoms with E-state index in [2.05, 4.69) is 0 Å². The Kier molecular flexibility index (Phi) is 7.60. The Morgan fingerprint density at radius 2 is 1.60 bits per heavy atom. The summed E-state index contributed by atoms with van der Waals surface area (Å²) in [6.45, 7) is 2.05. The van der Waals surface area contributed by atoms with Crippen LogP contribution in [0.4, 0.5) is 11.4 Å². The van der Waals surface area contributed by atoms with Gasteiger partial charge < -0.3 is 24.5 Å². The van der Waals surface area contributed by atoms with Crippen molar-refractivity contribution in [1.82, 2.24) is 4.90 Å². The summed E-state index contributed by atoms with van der Waals surface area (Å²) in [7, 11) is 0. The molecule has 7 rings (SSSR count). The molecule has 230 valence electrons. The van der Waals surface area contributed by atoms with Crippen molar-refractivity contribution in [1.29, 1.82) is 0 Å². The number of halogens is 1. The monoisotopic (exact) mass is 623 g/mol. The number of ether oxygens (including phenoxy) is 1. The maximum Gasteiger partial charge on any atom is 0.253 e. The summed E-state index contributed by atoms with van der Waals surface area (Å²) in [6, 6.07) is 22.5. The van der Waals surface area contributed by atoms with Crippen LogP contribution in [0.2, 0.25) is 5.02 Å². The van der Waals surface area contributed by atoms with Crippen molar-refractivity contribution < 1.29 is 24.2 Å². The van der Waals surface area contributed by atoms with Crippen LogP contribution in [0.15, 0.2) is 103 Å². The molecule has 6 atom stereocenters. The number of nitrogens with zero attached hydrogens (tertiary/aromatic N) is 3. The average molecular weight is 624 g/mol. The molecule has 2 saturated heterocycles. The number of likely N-dealkylation sites (tertiary alicyclic amines) is 1. The zero-order chi connectivity index (χ0) is 31.3. The lowest BCUT2D eigenvalue weighted by molar-refractivity contribution is -0.144. The van der Waals surface area contributed by atoms with Crippen molar-refractivity contribution in [2.45, 2.75) is 37.1 Å². The third kappa shape index (κ3) is 4.71. The zero-order valence-corrected chi connectivity index (χ0v) is 25.6. The number of anilines is 2. The van der Waals surface area contributed by atoms with E-state index >= 15 is 0 Å². The van der Waals surface area contributed by atoms with Gasteiger partial charge in [0.05, 0.1) is 41.3 Å². The number of benzene rings is 3. The van der Waals surface area contributed by atoms with E-state index in [0.29, 0.717) is 23.7 Å². The molecule has 3 aromatic carbocycles. The number of rotatable bonds is 6. The number of aliphatic hydroxyl groups excluding tert-OH is 1. The van der Waals surface area contributed by atoms with Gasteiger partial charge >= 0.3 is 0 Å². The molecule has 3 amide bonds. The van der Waals surface area contributed by atoms with Crippen LogP contribution in [-0.4, -0.2) is 71.2 Å². The summed E-state index contributed by atoms with van der Waals surface area (Å²) in [5.41, 5.74) is 1.57. The number of aliphatic hydroxyl groups is 1. The zero-order valence-electron chi connectivity index (χ0n) is 24.8. The molecule has 4 heterocycles. The maximum absolute atomic E-state index is 14.9. The van der Waals surface area contributed by atoms with Crippen LogP contribution < -0.4 is 9.80 Å². The fourth-order valence-electron chi connectivity index (χ4n) is 7.61. The molecule has 45 heavy (non-hydrogen) atoms. The highest BCUT2D eigenvalue weighted by Gasteiger charge is 2.72. The van der Waals surface area contributed by atoms with Crippen molar-refractivity contribution >= 4 is 40.7 Å². The number of fused-ring (bicyclic) bond motifs is 2. The van der Waals surface area contributed by atoms with Crippen LogP contribution in [-0.2, 0) is 25.5 Å². The van der Waals surface area contributed by atoms with Crippen LogP contribution in [0.25, 0.3) is 0 Å². The van der Waals surface area contributed by atoms with E-state index in [-0.39, 0.29) is 30.9 Å². The Balaban J connectivity index is 1.36. The SMILES string of the molecule is Cc1cccc(Cl)c1N1CC=C[C@]23O[C@H]4C=CCN(c5ccccc5)C(=O)[C@H]4[C@H]2C(=O)N([C@@H](CO)Cc2ccccc2)C3C1=O. The van der Waals surface area contributed by atoms with Crippen molar-refractivity contribution in [3.05, 3.63) is 119 Å². The van der Waals surface area contributed by atoms with Crippen molar-refractivity contribution in [3.63, 3.8) is 0 Å². The molecule has 4 aliphatic heterocycles. The first kappa shape index (κ1) is 29.5. The molecule has 0 aliphatic carbocycles. The molecule has 1 unspecified atom stereocenters. The van der Waals surface area contributed by atoms with Crippen LogP contribution in [0.1, 0.15) is 11.1 Å². The van der Waals surface area contributed by atoms with Gasteiger partial charge in [-0.05, 0) is 42.7 Å². The molecule has 8 nitrogen and oxygen atoms in total. The third-order valence-electron chi connectivity index (χ3n) is 9.54. The quantitative estimate of drug-likeness (QED) is 0.413. The van der Waals surface area contributed by atoms with Crippen LogP contribution in [0, 0.1) is 18.8 Å². The predicted octanol–water partition coefficient (Wildman–Crippen LogP) is 4.34. The minimum absolute atomic E-state index is 0.206. The smallest absolute Gasteiger partial charge is 0.253 e. The van der Waals surface area contributed by atoms with Gasteiger partial charge in [0.25, 0.3) is 5.91 Å². The topological polar surface area (TPSA) is 90.4 Å². The van der Waals surface area contributed by atoms with Gasteiger partial charge in [0, 0.05) is 18.8 Å². The van der Waals surface area contributed by atoms with Crippen molar-refractivity contribution in [2.24, 2.45) is 11.8 Å². The minimum atomic E-state index is -1.43. The van der Waals surface area contributed by atoms with Crippen molar-refractivity contribution in [2.75, 3.05) is 29.5 Å². The fraction of sp³-hybridized carbons (Fsp3) is 0.306. The summed E-state index contributed by atoms with van der Waals surface area (Å²) in [6.07, 6.45) is 6.99. The molecular formula is C36H34ClN3O5. The van der Waals surface area contributed by atoms with E-state index in [4.69, 9.17) is 16.3 Å². The Morgan fingerprint density at radius 3 is 2.31 bits per heavy atom. The lowest BCUT2D eigenvalue weighted by Gasteiger charge is -2.39. The number of carbonyl (C=O) groups is 3. The van der Waals surface area contributed by atoms with Gasteiger partial charge in [-0.25, -0.2) is 0 Å². The second-order valence-electron chi connectivity index (χ2n) is 12.1. The van der Waals surface area contributed by atoms with Gasteiger partial charge in [-0.15, -0.1) is 0 Å². The summed E-state index contributed by atoms with van der Waals surface area (Å²) < 4.78 is 6.81. The molecule has 0 saturated carbocycles. The van der Waals surface area contributed by atoms with Gasteiger partial charge in [0.1, 0.15) is 11.6 Å². The summed E-state index contributed by atoms with van der Waals surface area (Å²) in [4.78, 5) is 48.9.